The summed E-state index contributed by atoms with van der Waals surface area (Å²) in [6.07, 6.45) is 0. The number of aryl methyl sites for hydroxylation is 1. The molecule has 2 aromatic heterocycles. The van der Waals surface area contributed by atoms with Crippen LogP contribution in [-0.2, 0) is 4.79 Å². The number of rotatable bonds is 5. The van der Waals surface area contributed by atoms with E-state index in [1.54, 1.807) is 42.5 Å². The van der Waals surface area contributed by atoms with Gasteiger partial charge >= 0.3 is 0 Å². The van der Waals surface area contributed by atoms with Gasteiger partial charge in [0.1, 0.15) is 4.70 Å². The van der Waals surface area contributed by atoms with E-state index in [4.69, 9.17) is 23.2 Å². The minimum Gasteiger partial charge on any atom is -0.324 e. The molecule has 2 heterocycles. The van der Waals surface area contributed by atoms with Crippen LogP contribution in [0.15, 0.2) is 63.9 Å². The molecule has 4 rings (SSSR count). The molecule has 0 spiro atoms. The molecule has 2 aromatic carbocycles. The van der Waals surface area contributed by atoms with Gasteiger partial charge < -0.3 is 5.32 Å². The summed E-state index contributed by atoms with van der Waals surface area (Å²) in [6, 6.07) is 14.2. The van der Waals surface area contributed by atoms with E-state index < -0.39 is 0 Å². The second-order valence-electron chi connectivity index (χ2n) is 6.47. The Balaban J connectivity index is 1.64. The average molecular weight is 476 g/mol. The van der Waals surface area contributed by atoms with Gasteiger partial charge in [-0.3, -0.25) is 14.2 Å². The number of carbonyl (C=O) groups is 1. The van der Waals surface area contributed by atoms with Crippen molar-refractivity contribution in [2.24, 2.45) is 0 Å². The number of carbonyl (C=O) groups excluding carboxylic acids is 1. The Labute approximate surface area is 190 Å². The van der Waals surface area contributed by atoms with Crippen molar-refractivity contribution in [3.8, 4) is 5.69 Å². The van der Waals surface area contributed by atoms with Crippen LogP contribution >= 0.6 is 46.3 Å². The van der Waals surface area contributed by atoms with Crippen LogP contribution in [0.4, 0.5) is 5.69 Å². The molecule has 1 amide bonds. The fourth-order valence-electron chi connectivity index (χ4n) is 2.87. The van der Waals surface area contributed by atoms with Crippen LogP contribution in [-0.4, -0.2) is 21.2 Å². The summed E-state index contributed by atoms with van der Waals surface area (Å²) in [5.74, 6) is -0.185. The highest BCUT2D eigenvalue weighted by Crippen LogP contribution is 2.26. The Morgan fingerprint density at radius 1 is 1.20 bits per heavy atom. The van der Waals surface area contributed by atoms with Gasteiger partial charge in [-0.1, -0.05) is 47.1 Å². The van der Waals surface area contributed by atoms with E-state index in [1.165, 1.54) is 27.7 Å². The lowest BCUT2D eigenvalue weighted by molar-refractivity contribution is -0.113. The first-order valence-corrected chi connectivity index (χ1v) is 11.5. The van der Waals surface area contributed by atoms with Crippen molar-refractivity contribution in [3.63, 3.8) is 0 Å². The number of nitrogens with one attached hydrogen (secondary N) is 1. The zero-order valence-corrected chi connectivity index (χ0v) is 18.8. The Bertz CT molecular complexity index is 1320. The van der Waals surface area contributed by atoms with Crippen molar-refractivity contribution >= 4 is 68.1 Å². The van der Waals surface area contributed by atoms with Gasteiger partial charge in [-0.2, -0.15) is 0 Å². The van der Waals surface area contributed by atoms with E-state index in [9.17, 15) is 9.59 Å². The summed E-state index contributed by atoms with van der Waals surface area (Å²) in [5.41, 5.74) is 2.56. The van der Waals surface area contributed by atoms with E-state index in [1.807, 2.05) is 18.4 Å². The van der Waals surface area contributed by atoms with Gasteiger partial charge in [0, 0.05) is 5.02 Å². The Morgan fingerprint density at radius 3 is 2.80 bits per heavy atom. The minimum atomic E-state index is -0.247. The smallest absolute Gasteiger partial charge is 0.276 e. The number of thioether (sulfide) groups is 1. The van der Waals surface area contributed by atoms with Crippen LogP contribution in [0.25, 0.3) is 15.9 Å². The maximum Gasteiger partial charge on any atom is 0.276 e. The van der Waals surface area contributed by atoms with Crippen LogP contribution in [0.2, 0.25) is 10.0 Å². The number of thiophene rings is 1. The third-order valence-electron chi connectivity index (χ3n) is 4.25. The fourth-order valence-corrected chi connectivity index (χ4v) is 4.91. The summed E-state index contributed by atoms with van der Waals surface area (Å²) in [4.78, 5) is 30.2. The second kappa shape index (κ2) is 8.81. The van der Waals surface area contributed by atoms with Crippen molar-refractivity contribution in [2.75, 3.05) is 11.1 Å². The third kappa shape index (κ3) is 4.39. The van der Waals surface area contributed by atoms with Gasteiger partial charge in [0.25, 0.3) is 5.56 Å². The molecule has 0 aliphatic rings. The third-order valence-corrected chi connectivity index (χ3v) is 6.62. The first kappa shape index (κ1) is 20.9. The predicted molar refractivity (Wildman–Crippen MR) is 126 cm³/mol. The number of amides is 1. The predicted octanol–water partition coefficient (Wildman–Crippen LogP) is 5.79. The van der Waals surface area contributed by atoms with E-state index in [2.05, 4.69) is 10.3 Å². The summed E-state index contributed by atoms with van der Waals surface area (Å²) < 4.78 is 2.04. The van der Waals surface area contributed by atoms with Crippen molar-refractivity contribution in [1.29, 1.82) is 0 Å². The monoisotopic (exact) mass is 475 g/mol. The maximum atomic E-state index is 13.1. The van der Waals surface area contributed by atoms with Crippen LogP contribution < -0.4 is 10.9 Å². The molecule has 0 fully saturated rings. The Hall–Kier alpha value is -2.32. The largest absolute Gasteiger partial charge is 0.324 e. The Kier molecular flexibility index (Phi) is 6.15. The van der Waals surface area contributed by atoms with Crippen molar-refractivity contribution in [1.82, 2.24) is 9.55 Å². The molecule has 0 bridgehead atoms. The van der Waals surface area contributed by atoms with Crippen molar-refractivity contribution in [3.05, 3.63) is 79.9 Å². The van der Waals surface area contributed by atoms with Crippen LogP contribution in [0.1, 0.15) is 5.56 Å². The quantitative estimate of drug-likeness (QED) is 0.292. The first-order valence-electron chi connectivity index (χ1n) is 8.87. The lowest BCUT2D eigenvalue weighted by Gasteiger charge is -2.13. The molecule has 4 aromatic rings. The van der Waals surface area contributed by atoms with E-state index in [0.29, 0.717) is 36.8 Å². The molecule has 0 saturated carbocycles. The minimum absolute atomic E-state index is 0.0624. The number of nitrogens with zero attached hydrogens (tertiary/aromatic N) is 2. The molecule has 30 heavy (non-hydrogen) atoms. The zero-order chi connectivity index (χ0) is 21.3. The molecule has 0 saturated heterocycles. The SMILES string of the molecule is Cc1ccc(NC(=O)CSc2nc3ccsc3c(=O)n2-c2cccc(Cl)c2)c(Cl)c1. The molecule has 9 heteroatoms. The number of aromatic nitrogens is 2. The van der Waals surface area contributed by atoms with Crippen LogP contribution in [0, 0.1) is 6.92 Å². The average Bonchev–Trinajstić information content (AvgIpc) is 3.17. The summed E-state index contributed by atoms with van der Waals surface area (Å²) >= 11 is 14.8. The van der Waals surface area contributed by atoms with Gasteiger partial charge in [0.05, 0.1) is 27.7 Å². The second-order valence-corrected chi connectivity index (χ2v) is 9.17. The standard InChI is InChI=1S/C21H15Cl2N3O2S2/c1-12-5-6-16(15(23)9-12)24-18(27)11-30-21-25-17-7-8-29-19(17)20(28)26(21)14-4-2-3-13(22)10-14/h2-10H,11H2,1H3,(H,24,27). The summed E-state index contributed by atoms with van der Waals surface area (Å²) in [7, 11) is 0. The summed E-state index contributed by atoms with van der Waals surface area (Å²) in [6.45, 7) is 1.93. The fraction of sp³-hybridized carbons (Fsp3) is 0.0952. The number of hydrogen-bond donors (Lipinski definition) is 1. The topological polar surface area (TPSA) is 64.0 Å². The van der Waals surface area contributed by atoms with Gasteiger partial charge in [0.2, 0.25) is 5.91 Å². The molecule has 0 aliphatic carbocycles. The molecule has 0 unspecified atom stereocenters. The maximum absolute atomic E-state index is 13.1. The van der Waals surface area contributed by atoms with E-state index in [-0.39, 0.29) is 17.2 Å². The lowest BCUT2D eigenvalue weighted by Crippen LogP contribution is -2.22. The molecular formula is C21H15Cl2N3O2S2. The number of benzene rings is 2. The first-order chi connectivity index (χ1) is 14.4. The molecule has 152 valence electrons. The molecule has 0 aliphatic heterocycles. The van der Waals surface area contributed by atoms with Crippen LogP contribution in [0.5, 0.6) is 0 Å². The Morgan fingerprint density at radius 2 is 2.03 bits per heavy atom. The summed E-state index contributed by atoms with van der Waals surface area (Å²) in [5, 5.41) is 6.02. The highest BCUT2D eigenvalue weighted by Gasteiger charge is 2.16. The number of fused-ring (bicyclic) bond motifs is 1. The highest BCUT2D eigenvalue weighted by molar-refractivity contribution is 7.99. The van der Waals surface area contributed by atoms with Gasteiger partial charge in [-0.15, -0.1) is 11.3 Å². The lowest BCUT2D eigenvalue weighted by atomic mass is 10.2. The number of hydrogen-bond acceptors (Lipinski definition) is 5. The zero-order valence-electron chi connectivity index (χ0n) is 15.7. The molecule has 0 atom stereocenters. The molecule has 0 radical (unpaired) electrons. The van der Waals surface area contributed by atoms with E-state index in [0.717, 1.165) is 5.56 Å². The molecule has 5 nitrogen and oxygen atoms in total. The van der Waals surface area contributed by atoms with Crippen molar-refractivity contribution in [2.45, 2.75) is 12.1 Å². The molecular weight excluding hydrogens is 461 g/mol. The highest BCUT2D eigenvalue weighted by atomic mass is 35.5. The van der Waals surface area contributed by atoms with Gasteiger partial charge in [-0.05, 0) is 54.3 Å². The van der Waals surface area contributed by atoms with Crippen LogP contribution in [0.3, 0.4) is 0 Å². The normalized spacial score (nSPS) is 11.0. The molecule has 1 N–H and O–H groups in total. The number of anilines is 1. The van der Waals surface area contributed by atoms with Gasteiger partial charge in [0.15, 0.2) is 5.16 Å². The van der Waals surface area contributed by atoms with Crippen molar-refractivity contribution < 1.29 is 4.79 Å². The van der Waals surface area contributed by atoms with Gasteiger partial charge in [-0.25, -0.2) is 4.98 Å². The number of halogens is 2. The van der Waals surface area contributed by atoms with E-state index >= 15 is 0 Å².